The lowest BCUT2D eigenvalue weighted by atomic mass is 10.1. The maximum atomic E-state index is 11.4. The number of oxime groups is 1. The standard InChI is InChI=1S/C15H22N2O3/c1-12(2)8-9-16-15(18)11-20-17-10-13-6-4-5-7-14(13)19-3/h4-7,10,12H,8-9,11H2,1-3H3,(H,16,18)/b17-10+. The van der Waals surface area contributed by atoms with E-state index in [9.17, 15) is 4.79 Å². The Labute approximate surface area is 120 Å². The highest BCUT2D eigenvalue weighted by molar-refractivity contribution is 5.83. The van der Waals surface area contributed by atoms with E-state index in [1.54, 1.807) is 7.11 Å². The minimum atomic E-state index is -0.164. The number of methoxy groups -OCH3 is 1. The van der Waals surface area contributed by atoms with E-state index in [1.165, 1.54) is 6.21 Å². The van der Waals surface area contributed by atoms with Crippen LogP contribution in [0.5, 0.6) is 5.75 Å². The molecule has 0 saturated carbocycles. The van der Waals surface area contributed by atoms with Gasteiger partial charge in [-0.25, -0.2) is 0 Å². The van der Waals surface area contributed by atoms with Gasteiger partial charge in [0.15, 0.2) is 6.61 Å². The van der Waals surface area contributed by atoms with Crippen LogP contribution in [0.3, 0.4) is 0 Å². The van der Waals surface area contributed by atoms with Crippen LogP contribution in [0, 0.1) is 5.92 Å². The zero-order chi connectivity index (χ0) is 14.8. The largest absolute Gasteiger partial charge is 0.496 e. The quantitative estimate of drug-likeness (QED) is 0.586. The van der Waals surface area contributed by atoms with Crippen molar-refractivity contribution >= 4 is 12.1 Å². The van der Waals surface area contributed by atoms with Gasteiger partial charge in [0.1, 0.15) is 5.75 Å². The summed E-state index contributed by atoms with van der Waals surface area (Å²) in [6.45, 7) is 4.81. The molecule has 5 heteroatoms. The Morgan fingerprint density at radius 3 is 2.85 bits per heavy atom. The Hall–Kier alpha value is -2.04. The maximum absolute atomic E-state index is 11.4. The molecule has 0 unspecified atom stereocenters. The lowest BCUT2D eigenvalue weighted by Crippen LogP contribution is -2.28. The van der Waals surface area contributed by atoms with Crippen LogP contribution < -0.4 is 10.1 Å². The van der Waals surface area contributed by atoms with Crippen LogP contribution >= 0.6 is 0 Å². The monoisotopic (exact) mass is 278 g/mol. The molecule has 0 fully saturated rings. The molecule has 110 valence electrons. The molecule has 5 nitrogen and oxygen atoms in total. The highest BCUT2D eigenvalue weighted by Gasteiger charge is 2.02. The van der Waals surface area contributed by atoms with Gasteiger partial charge in [-0.15, -0.1) is 0 Å². The first-order valence-electron chi connectivity index (χ1n) is 6.68. The summed E-state index contributed by atoms with van der Waals surface area (Å²) in [5.74, 6) is 1.11. The molecular weight excluding hydrogens is 256 g/mol. The van der Waals surface area contributed by atoms with E-state index in [0.717, 1.165) is 12.0 Å². The summed E-state index contributed by atoms with van der Waals surface area (Å²) < 4.78 is 5.17. The Bertz CT molecular complexity index is 444. The van der Waals surface area contributed by atoms with Crippen LogP contribution in [0.15, 0.2) is 29.4 Å². The zero-order valence-electron chi connectivity index (χ0n) is 12.3. The smallest absolute Gasteiger partial charge is 0.260 e. The van der Waals surface area contributed by atoms with Gasteiger partial charge in [-0.2, -0.15) is 0 Å². The van der Waals surface area contributed by atoms with Crippen LogP contribution in [-0.2, 0) is 9.63 Å². The molecule has 0 spiro atoms. The van der Waals surface area contributed by atoms with Crippen molar-refractivity contribution in [2.75, 3.05) is 20.3 Å². The highest BCUT2D eigenvalue weighted by Crippen LogP contribution is 2.14. The molecule has 0 saturated heterocycles. The fraction of sp³-hybridized carbons (Fsp3) is 0.467. The number of benzene rings is 1. The summed E-state index contributed by atoms with van der Waals surface area (Å²) in [6, 6.07) is 7.44. The van der Waals surface area contributed by atoms with Gasteiger partial charge in [-0.1, -0.05) is 31.1 Å². The van der Waals surface area contributed by atoms with Gasteiger partial charge in [0.2, 0.25) is 0 Å². The summed E-state index contributed by atoms with van der Waals surface area (Å²) >= 11 is 0. The number of nitrogens with zero attached hydrogens (tertiary/aromatic N) is 1. The average Bonchev–Trinajstić information content (AvgIpc) is 2.43. The van der Waals surface area contributed by atoms with Crippen molar-refractivity contribution in [2.24, 2.45) is 11.1 Å². The summed E-state index contributed by atoms with van der Waals surface area (Å²) in [7, 11) is 1.59. The van der Waals surface area contributed by atoms with Crippen LogP contribution in [0.25, 0.3) is 0 Å². The van der Waals surface area contributed by atoms with E-state index in [-0.39, 0.29) is 12.5 Å². The number of hydrogen-bond acceptors (Lipinski definition) is 4. The number of para-hydroxylation sites is 1. The Morgan fingerprint density at radius 2 is 2.15 bits per heavy atom. The predicted molar refractivity (Wildman–Crippen MR) is 79.0 cm³/mol. The molecule has 0 bridgehead atoms. The third-order valence-corrected chi connectivity index (χ3v) is 2.64. The molecule has 1 aromatic carbocycles. The third-order valence-electron chi connectivity index (χ3n) is 2.64. The molecular formula is C15H22N2O3. The molecule has 0 aliphatic carbocycles. The van der Waals surface area contributed by atoms with Gasteiger partial charge >= 0.3 is 0 Å². The van der Waals surface area contributed by atoms with Gasteiger partial charge in [0.25, 0.3) is 5.91 Å². The molecule has 0 radical (unpaired) electrons. The molecule has 0 aromatic heterocycles. The predicted octanol–water partition coefficient (Wildman–Crippen LogP) is 2.21. The fourth-order valence-corrected chi connectivity index (χ4v) is 1.51. The van der Waals surface area contributed by atoms with Crippen molar-refractivity contribution in [1.29, 1.82) is 0 Å². The SMILES string of the molecule is COc1ccccc1/C=N/OCC(=O)NCCC(C)C. The van der Waals surface area contributed by atoms with E-state index in [0.29, 0.717) is 18.2 Å². The van der Waals surface area contributed by atoms with Crippen molar-refractivity contribution in [2.45, 2.75) is 20.3 Å². The zero-order valence-corrected chi connectivity index (χ0v) is 12.3. The summed E-state index contributed by atoms with van der Waals surface area (Å²) in [6.07, 6.45) is 2.48. The van der Waals surface area contributed by atoms with E-state index >= 15 is 0 Å². The second kappa shape index (κ2) is 8.96. The van der Waals surface area contributed by atoms with Gasteiger partial charge in [-0.05, 0) is 24.5 Å². The number of nitrogens with one attached hydrogen (secondary N) is 1. The van der Waals surface area contributed by atoms with E-state index in [4.69, 9.17) is 9.57 Å². The number of carbonyl (C=O) groups excluding carboxylic acids is 1. The van der Waals surface area contributed by atoms with Crippen molar-refractivity contribution < 1.29 is 14.4 Å². The van der Waals surface area contributed by atoms with Gasteiger partial charge < -0.3 is 14.9 Å². The first-order chi connectivity index (χ1) is 9.63. The molecule has 0 aliphatic rings. The first-order valence-corrected chi connectivity index (χ1v) is 6.68. The van der Waals surface area contributed by atoms with E-state index in [2.05, 4.69) is 24.3 Å². The summed E-state index contributed by atoms with van der Waals surface area (Å²) in [5, 5.41) is 6.54. The molecule has 1 rings (SSSR count). The molecule has 0 atom stereocenters. The van der Waals surface area contributed by atoms with E-state index < -0.39 is 0 Å². The number of rotatable bonds is 8. The number of hydrogen-bond donors (Lipinski definition) is 1. The van der Waals surface area contributed by atoms with Crippen LogP contribution in [0.1, 0.15) is 25.8 Å². The third kappa shape index (κ3) is 6.22. The maximum Gasteiger partial charge on any atom is 0.260 e. The molecule has 1 amide bonds. The Morgan fingerprint density at radius 1 is 1.40 bits per heavy atom. The molecule has 0 aliphatic heterocycles. The first kappa shape index (κ1) is 16.0. The molecule has 20 heavy (non-hydrogen) atoms. The summed E-state index contributed by atoms with van der Waals surface area (Å²) in [4.78, 5) is 16.4. The topological polar surface area (TPSA) is 59.9 Å². The van der Waals surface area contributed by atoms with Crippen molar-refractivity contribution in [3.05, 3.63) is 29.8 Å². The van der Waals surface area contributed by atoms with Crippen LogP contribution in [0.4, 0.5) is 0 Å². The van der Waals surface area contributed by atoms with Crippen LogP contribution in [0.2, 0.25) is 0 Å². The Kier molecular flexibility index (Phi) is 7.17. The molecule has 0 heterocycles. The van der Waals surface area contributed by atoms with Gasteiger partial charge in [-0.3, -0.25) is 4.79 Å². The summed E-state index contributed by atoms with van der Waals surface area (Å²) in [5.41, 5.74) is 0.801. The number of amides is 1. The minimum Gasteiger partial charge on any atom is -0.496 e. The van der Waals surface area contributed by atoms with Gasteiger partial charge in [0, 0.05) is 12.1 Å². The van der Waals surface area contributed by atoms with E-state index in [1.807, 2.05) is 24.3 Å². The van der Waals surface area contributed by atoms with Crippen LogP contribution in [-0.4, -0.2) is 32.4 Å². The number of ether oxygens (including phenoxy) is 1. The average molecular weight is 278 g/mol. The highest BCUT2D eigenvalue weighted by atomic mass is 16.6. The molecule has 1 aromatic rings. The number of carbonyl (C=O) groups is 1. The molecule has 1 N–H and O–H groups in total. The minimum absolute atomic E-state index is 0.0796. The van der Waals surface area contributed by atoms with Crippen molar-refractivity contribution in [1.82, 2.24) is 5.32 Å². The Balaban J connectivity index is 2.29. The van der Waals surface area contributed by atoms with Crippen molar-refractivity contribution in [3.63, 3.8) is 0 Å². The fourth-order valence-electron chi connectivity index (χ4n) is 1.51. The van der Waals surface area contributed by atoms with Crippen molar-refractivity contribution in [3.8, 4) is 5.75 Å². The second-order valence-electron chi connectivity index (χ2n) is 4.78. The normalized spacial score (nSPS) is 10.8. The second-order valence-corrected chi connectivity index (χ2v) is 4.78. The lowest BCUT2D eigenvalue weighted by Gasteiger charge is -2.06. The lowest BCUT2D eigenvalue weighted by molar-refractivity contribution is -0.125. The van der Waals surface area contributed by atoms with Gasteiger partial charge in [0.05, 0.1) is 13.3 Å².